The third-order valence-corrected chi connectivity index (χ3v) is 6.38. The van der Waals surface area contributed by atoms with Crippen LogP contribution in [0.25, 0.3) is 38.6 Å². The van der Waals surface area contributed by atoms with Crippen LogP contribution in [0.15, 0.2) is 83.6 Å². The molecule has 0 unspecified atom stereocenters. The Morgan fingerprint density at radius 1 is 1.11 bits per heavy atom. The van der Waals surface area contributed by atoms with Crippen molar-refractivity contribution < 1.29 is 18.7 Å². The van der Waals surface area contributed by atoms with Crippen molar-refractivity contribution in [1.29, 1.82) is 0 Å². The minimum absolute atomic E-state index is 0.240. The number of hydrogen-bond acceptors (Lipinski definition) is 5. The van der Waals surface area contributed by atoms with E-state index in [9.17, 15) is 4.79 Å². The molecule has 6 heteroatoms. The number of methoxy groups -OCH3 is 1. The number of pyridine rings is 1. The Balaban J connectivity index is 1.57. The number of nitrogens with zero attached hydrogens (tertiary/aromatic N) is 1. The lowest BCUT2D eigenvalue weighted by Gasteiger charge is -2.15. The summed E-state index contributed by atoms with van der Waals surface area (Å²) < 4.78 is 17.5. The highest BCUT2D eigenvalue weighted by atomic mass is 16.5. The Kier molecular flexibility index (Phi) is 6.64. The van der Waals surface area contributed by atoms with Crippen LogP contribution in [0.3, 0.4) is 0 Å². The van der Waals surface area contributed by atoms with Crippen LogP contribution in [0.2, 0.25) is 0 Å². The second-order valence-electron chi connectivity index (χ2n) is 8.77. The molecule has 37 heavy (non-hydrogen) atoms. The first-order chi connectivity index (χ1) is 18.0. The van der Waals surface area contributed by atoms with Gasteiger partial charge in [-0.05, 0) is 62.2 Å². The van der Waals surface area contributed by atoms with Crippen molar-refractivity contribution in [2.24, 2.45) is 0 Å². The summed E-state index contributed by atoms with van der Waals surface area (Å²) in [5.41, 5.74) is 6.59. The molecule has 0 spiro atoms. The number of carbonyl (C=O) groups excluding carboxylic acids is 1. The molecule has 6 nitrogen and oxygen atoms in total. The van der Waals surface area contributed by atoms with Crippen molar-refractivity contribution in [2.75, 3.05) is 19.0 Å². The van der Waals surface area contributed by atoms with E-state index in [1.807, 2.05) is 81.4 Å². The SMILES string of the molecule is CCOc1c(/C(C)=C/C(=O)Nc2cccc3cccnc23)cc2c(-c3cccc(OC)c3)coc2c1C. The van der Waals surface area contributed by atoms with Crippen LogP contribution in [-0.4, -0.2) is 24.6 Å². The van der Waals surface area contributed by atoms with E-state index in [0.717, 1.165) is 55.4 Å². The Hall–Kier alpha value is -4.58. The zero-order chi connectivity index (χ0) is 25.9. The maximum absolute atomic E-state index is 13.1. The van der Waals surface area contributed by atoms with Crippen molar-refractivity contribution >= 4 is 39.0 Å². The van der Waals surface area contributed by atoms with Gasteiger partial charge in [0.25, 0.3) is 0 Å². The van der Waals surface area contributed by atoms with Gasteiger partial charge in [-0.2, -0.15) is 0 Å². The number of amides is 1. The molecule has 186 valence electrons. The quantitative estimate of drug-likeness (QED) is 0.240. The molecule has 2 aromatic heterocycles. The number of nitrogens with one attached hydrogen (secondary N) is 1. The second-order valence-corrected chi connectivity index (χ2v) is 8.77. The molecule has 0 aliphatic heterocycles. The Bertz CT molecular complexity index is 1640. The van der Waals surface area contributed by atoms with Crippen LogP contribution >= 0.6 is 0 Å². The smallest absolute Gasteiger partial charge is 0.248 e. The average Bonchev–Trinajstić information content (AvgIpc) is 3.35. The van der Waals surface area contributed by atoms with E-state index < -0.39 is 0 Å². The van der Waals surface area contributed by atoms with E-state index in [1.165, 1.54) is 0 Å². The molecule has 0 aliphatic rings. The monoisotopic (exact) mass is 492 g/mol. The summed E-state index contributed by atoms with van der Waals surface area (Å²) in [5.74, 6) is 1.23. The van der Waals surface area contributed by atoms with E-state index in [0.29, 0.717) is 18.0 Å². The molecule has 0 atom stereocenters. The van der Waals surface area contributed by atoms with Crippen molar-refractivity contribution in [3.05, 3.63) is 90.3 Å². The number of allylic oxidation sites excluding steroid dienone is 1. The van der Waals surface area contributed by atoms with Crippen LogP contribution < -0.4 is 14.8 Å². The molecule has 3 aromatic carbocycles. The Morgan fingerprint density at radius 2 is 1.92 bits per heavy atom. The van der Waals surface area contributed by atoms with Gasteiger partial charge in [0.1, 0.15) is 17.1 Å². The summed E-state index contributed by atoms with van der Waals surface area (Å²) in [4.78, 5) is 17.5. The van der Waals surface area contributed by atoms with E-state index in [-0.39, 0.29) is 5.91 Å². The standard InChI is InChI=1S/C31H28N2O4/c1-5-36-30-20(3)31-25(26(18-37-31)22-10-6-12-23(16-22)35-4)17-24(30)19(2)15-28(34)33-27-13-7-9-21-11-8-14-32-29(21)27/h6-18H,5H2,1-4H3,(H,33,34)/b19-15+. The molecule has 0 bridgehead atoms. The van der Waals surface area contributed by atoms with Crippen LogP contribution in [0, 0.1) is 6.92 Å². The second kappa shape index (κ2) is 10.2. The van der Waals surface area contributed by atoms with Gasteiger partial charge >= 0.3 is 0 Å². The Labute approximate surface area is 215 Å². The van der Waals surface area contributed by atoms with E-state index in [4.69, 9.17) is 13.9 Å². The van der Waals surface area contributed by atoms with Gasteiger partial charge in [0.15, 0.2) is 0 Å². The molecular formula is C31H28N2O4. The normalized spacial score (nSPS) is 11.6. The van der Waals surface area contributed by atoms with E-state index in [1.54, 1.807) is 25.6 Å². The van der Waals surface area contributed by atoms with Crippen LogP contribution in [-0.2, 0) is 4.79 Å². The molecular weight excluding hydrogens is 464 g/mol. The number of furan rings is 1. The number of hydrogen-bond donors (Lipinski definition) is 1. The molecule has 0 aliphatic carbocycles. The zero-order valence-corrected chi connectivity index (χ0v) is 21.3. The summed E-state index contributed by atoms with van der Waals surface area (Å²) in [6.07, 6.45) is 5.07. The molecule has 5 rings (SSSR count). The highest BCUT2D eigenvalue weighted by molar-refractivity contribution is 6.09. The fourth-order valence-electron chi connectivity index (χ4n) is 4.60. The first kappa shape index (κ1) is 24.1. The number of benzene rings is 3. The molecule has 1 N–H and O–H groups in total. The van der Waals surface area contributed by atoms with E-state index in [2.05, 4.69) is 10.3 Å². The summed E-state index contributed by atoms with van der Waals surface area (Å²) >= 11 is 0. The lowest BCUT2D eigenvalue weighted by atomic mass is 9.96. The topological polar surface area (TPSA) is 73.6 Å². The minimum atomic E-state index is -0.240. The van der Waals surface area contributed by atoms with Crippen molar-refractivity contribution in [3.63, 3.8) is 0 Å². The molecule has 0 fully saturated rings. The number of aryl methyl sites for hydroxylation is 1. The number of ether oxygens (including phenoxy) is 2. The minimum Gasteiger partial charge on any atom is -0.497 e. The number of aromatic nitrogens is 1. The highest BCUT2D eigenvalue weighted by Gasteiger charge is 2.19. The van der Waals surface area contributed by atoms with Gasteiger partial charge in [-0.3, -0.25) is 9.78 Å². The molecule has 1 amide bonds. The van der Waals surface area contributed by atoms with Crippen LogP contribution in [0.5, 0.6) is 11.5 Å². The van der Waals surface area contributed by atoms with Gasteiger partial charge in [0.2, 0.25) is 5.91 Å². The summed E-state index contributed by atoms with van der Waals surface area (Å²) in [6.45, 7) is 6.32. The first-order valence-corrected chi connectivity index (χ1v) is 12.2. The lowest BCUT2D eigenvalue weighted by Crippen LogP contribution is -2.09. The Morgan fingerprint density at radius 3 is 2.73 bits per heavy atom. The van der Waals surface area contributed by atoms with Crippen LogP contribution in [0.4, 0.5) is 5.69 Å². The summed E-state index contributed by atoms with van der Waals surface area (Å²) in [6, 6.07) is 19.5. The van der Waals surface area contributed by atoms with Gasteiger partial charge in [0.05, 0.1) is 31.2 Å². The average molecular weight is 493 g/mol. The van der Waals surface area contributed by atoms with Crippen molar-refractivity contribution in [3.8, 4) is 22.6 Å². The first-order valence-electron chi connectivity index (χ1n) is 12.2. The zero-order valence-electron chi connectivity index (χ0n) is 21.3. The van der Waals surface area contributed by atoms with Gasteiger partial charge in [0, 0.05) is 39.7 Å². The highest BCUT2D eigenvalue weighted by Crippen LogP contribution is 2.41. The summed E-state index contributed by atoms with van der Waals surface area (Å²) in [5, 5.41) is 4.89. The predicted octanol–water partition coefficient (Wildman–Crippen LogP) is 7.41. The van der Waals surface area contributed by atoms with Gasteiger partial charge in [-0.1, -0.05) is 30.3 Å². The van der Waals surface area contributed by atoms with Crippen molar-refractivity contribution in [2.45, 2.75) is 20.8 Å². The van der Waals surface area contributed by atoms with E-state index >= 15 is 0 Å². The maximum Gasteiger partial charge on any atom is 0.248 e. The van der Waals surface area contributed by atoms with Gasteiger partial charge in [-0.25, -0.2) is 0 Å². The number of carbonyl (C=O) groups is 1. The maximum atomic E-state index is 13.1. The molecule has 2 heterocycles. The largest absolute Gasteiger partial charge is 0.497 e. The lowest BCUT2D eigenvalue weighted by molar-refractivity contribution is -0.111. The number of para-hydroxylation sites is 1. The molecule has 5 aromatic rings. The molecule has 0 saturated carbocycles. The number of rotatable bonds is 7. The van der Waals surface area contributed by atoms with Gasteiger partial charge in [-0.15, -0.1) is 0 Å². The predicted molar refractivity (Wildman–Crippen MR) is 148 cm³/mol. The summed E-state index contributed by atoms with van der Waals surface area (Å²) in [7, 11) is 1.65. The number of anilines is 1. The van der Waals surface area contributed by atoms with Crippen molar-refractivity contribution in [1.82, 2.24) is 4.98 Å². The third kappa shape index (κ3) is 4.66. The fraction of sp³-hybridized carbons (Fsp3) is 0.161. The third-order valence-electron chi connectivity index (χ3n) is 6.38. The fourth-order valence-corrected chi connectivity index (χ4v) is 4.60. The van der Waals surface area contributed by atoms with Gasteiger partial charge < -0.3 is 19.2 Å². The molecule has 0 saturated heterocycles. The van der Waals surface area contributed by atoms with Crippen LogP contribution in [0.1, 0.15) is 25.0 Å². The number of fused-ring (bicyclic) bond motifs is 2. The molecule has 0 radical (unpaired) electrons.